The molecule has 4 aromatic heterocycles. The van der Waals surface area contributed by atoms with Crippen molar-refractivity contribution in [2.45, 2.75) is 61.9 Å². The number of imidazole rings is 1. The zero-order valence-electron chi connectivity index (χ0n) is 28.5. The Morgan fingerprint density at radius 2 is 1.66 bits per heavy atom. The maximum absolute atomic E-state index is 13.8. The number of anilines is 3. The summed E-state index contributed by atoms with van der Waals surface area (Å²) in [5, 5.41) is 29.9. The fraction of sp³-hybridized carbons (Fsp3) is 0.577. The molecular formula is C26H33N11Na2O10P2S2. The number of aryl methyl sites for hydroxylation is 1. The van der Waals surface area contributed by atoms with Gasteiger partial charge in [-0.05, 0) is 18.4 Å². The number of aromatic nitrogens is 7. The Morgan fingerprint density at radius 1 is 0.943 bits per heavy atom. The van der Waals surface area contributed by atoms with E-state index in [-0.39, 0.29) is 82.0 Å². The van der Waals surface area contributed by atoms with E-state index in [0.717, 1.165) is 30.3 Å². The van der Waals surface area contributed by atoms with Crippen LogP contribution < -0.4 is 81.2 Å². The maximum atomic E-state index is 13.8. The SMILES string of the molecule is NCCNc1nc(N)c2ncn([C@@H]3O[C@@H]4COP(=O)([S-])O[C@H]5[C@@H](O)[C@H](n6cc7c8c(ncnc86)NCCC7)O[C@@H]5COP(=O)([S-])O[C@@H]3[C@@H]4O)c2n1.[Na+].[Na+]. The second-order valence-electron chi connectivity index (χ2n) is 12.2. The first kappa shape index (κ1) is 42.0. The van der Waals surface area contributed by atoms with Crippen LogP contribution in [0.4, 0.5) is 17.6 Å². The van der Waals surface area contributed by atoms with Crippen LogP contribution >= 0.6 is 13.6 Å². The Labute approximate surface area is 356 Å². The number of hydrogen-bond acceptors (Lipinski definition) is 21. The summed E-state index contributed by atoms with van der Waals surface area (Å²) >= 11 is 10.5. The molecule has 53 heavy (non-hydrogen) atoms. The summed E-state index contributed by atoms with van der Waals surface area (Å²) in [5.74, 6) is 0.839. The average molecular weight is 832 g/mol. The van der Waals surface area contributed by atoms with Crippen LogP contribution in [-0.2, 0) is 67.6 Å². The Balaban J connectivity index is 0.00000240. The number of aliphatic hydroxyl groups is 2. The number of fused-ring (bicyclic) bond motifs is 4. The zero-order valence-corrected chi connectivity index (χ0v) is 35.9. The van der Waals surface area contributed by atoms with Gasteiger partial charge in [-0.15, -0.1) is 0 Å². The van der Waals surface area contributed by atoms with Gasteiger partial charge in [0.05, 0.1) is 24.9 Å². The standard InChI is InChI=1S/C26H35N11O10P2S2.2Na/c27-3-5-30-26-34-20(28)15-23(35-26)37(10-33-15)25-19-16(38)12(44-25)7-42-48(40,50)46-18-13(8-43-49(41,51)47-19)45-24(17(18)39)36-6-11-2-1-4-29-21-14(11)22(36)32-9-31-21;;/h6,9-10,12-13,16-19,24-25,38-39H,1-5,7-8,27H2,(H,40,50)(H,41,51)(H,29,31,32)(H3,28,30,34,35);;/q;2*+1/p-2/t12-,13-,16-,17-,18-,19-,24-,25-,48?,49?;;/m1../s1. The van der Waals surface area contributed by atoms with E-state index in [1.165, 1.54) is 17.2 Å². The van der Waals surface area contributed by atoms with Crippen LogP contribution in [0.25, 0.3) is 22.2 Å². The van der Waals surface area contributed by atoms with Gasteiger partial charge >= 0.3 is 59.1 Å². The van der Waals surface area contributed by atoms with Crippen LogP contribution in [0.3, 0.4) is 0 Å². The summed E-state index contributed by atoms with van der Waals surface area (Å²) in [7, 11) is 0. The molecule has 4 aliphatic rings. The van der Waals surface area contributed by atoms with E-state index in [9.17, 15) is 19.3 Å². The van der Waals surface area contributed by atoms with Crippen molar-refractivity contribution in [3.05, 3.63) is 24.4 Å². The van der Waals surface area contributed by atoms with Crippen molar-refractivity contribution in [2.75, 3.05) is 49.2 Å². The Hall–Kier alpha value is -0.630. The van der Waals surface area contributed by atoms with E-state index < -0.39 is 75.9 Å². The van der Waals surface area contributed by atoms with Crippen LogP contribution in [0, 0.1) is 0 Å². The number of nitrogens with zero attached hydrogens (tertiary/aromatic N) is 7. The monoisotopic (exact) mass is 831 g/mol. The quantitative estimate of drug-likeness (QED) is 0.0621. The van der Waals surface area contributed by atoms with Crippen molar-refractivity contribution in [3.63, 3.8) is 0 Å². The fourth-order valence-corrected chi connectivity index (χ4v) is 9.48. The van der Waals surface area contributed by atoms with Gasteiger partial charge in [-0.25, -0.2) is 15.0 Å². The van der Waals surface area contributed by atoms with E-state index >= 15 is 0 Å². The van der Waals surface area contributed by atoms with Crippen molar-refractivity contribution in [1.29, 1.82) is 0 Å². The molecule has 8 heterocycles. The molecule has 4 aromatic rings. The third kappa shape index (κ3) is 8.23. The molecule has 0 saturated carbocycles. The number of nitrogen functional groups attached to an aromatic ring is 1. The van der Waals surface area contributed by atoms with Gasteiger partial charge in [-0.2, -0.15) is 9.97 Å². The van der Waals surface area contributed by atoms with E-state index in [2.05, 4.69) is 35.6 Å². The Bertz CT molecular complexity index is 2070. The molecule has 2 bridgehead atoms. The molecule has 0 aliphatic carbocycles. The number of ether oxygens (including phenoxy) is 2. The molecule has 0 aromatic carbocycles. The van der Waals surface area contributed by atoms with Gasteiger partial charge in [0, 0.05) is 25.8 Å². The molecule has 276 valence electrons. The van der Waals surface area contributed by atoms with Crippen molar-refractivity contribution < 1.29 is 106 Å². The van der Waals surface area contributed by atoms with Gasteiger partial charge in [0.2, 0.25) is 12.7 Å². The predicted molar refractivity (Wildman–Crippen MR) is 183 cm³/mol. The van der Waals surface area contributed by atoms with E-state index in [0.29, 0.717) is 24.6 Å². The summed E-state index contributed by atoms with van der Waals surface area (Å²) in [4.78, 5) is 21.7. The van der Waals surface area contributed by atoms with Gasteiger partial charge in [-0.3, -0.25) is 13.7 Å². The molecule has 10 atom stereocenters. The summed E-state index contributed by atoms with van der Waals surface area (Å²) in [6.07, 6.45) is -4.70. The molecule has 27 heteroatoms. The van der Waals surface area contributed by atoms with E-state index in [4.69, 9.17) is 63.5 Å². The van der Waals surface area contributed by atoms with Crippen LogP contribution in [0.1, 0.15) is 24.4 Å². The Kier molecular flexibility index (Phi) is 13.2. The fourth-order valence-electron chi connectivity index (χ4n) is 6.65. The van der Waals surface area contributed by atoms with Crippen LogP contribution in [0.5, 0.6) is 0 Å². The van der Waals surface area contributed by atoms with Gasteiger partial charge in [-0.1, -0.05) is 0 Å². The second kappa shape index (κ2) is 16.7. The first-order chi connectivity index (χ1) is 24.4. The smallest absolute Gasteiger partial charge is 0.660 e. The number of aliphatic hydroxyl groups excluding tert-OH is 2. The van der Waals surface area contributed by atoms with Crippen molar-refractivity contribution in [2.24, 2.45) is 5.73 Å². The summed E-state index contributed by atoms with van der Waals surface area (Å²) in [6.45, 7) is -8.64. The van der Waals surface area contributed by atoms with Crippen LogP contribution in [0.2, 0.25) is 0 Å². The third-order valence-electron chi connectivity index (χ3n) is 8.95. The minimum Gasteiger partial charge on any atom is -0.660 e. The normalized spacial score (nSPS) is 34.4. The van der Waals surface area contributed by atoms with Gasteiger partial charge < -0.3 is 88.9 Å². The number of hydrogen-bond donors (Lipinski definition) is 6. The molecule has 21 nitrogen and oxygen atoms in total. The predicted octanol–water partition coefficient (Wildman–Crippen LogP) is -5.77. The van der Waals surface area contributed by atoms with Gasteiger partial charge in [0.25, 0.3) is 0 Å². The van der Waals surface area contributed by atoms with Gasteiger partial charge in [0.1, 0.15) is 59.9 Å². The topological polar surface area (TPSA) is 280 Å². The largest absolute Gasteiger partial charge is 1.00 e. The second-order valence-corrected chi connectivity index (χ2v) is 17.6. The molecule has 4 aliphatic heterocycles. The minimum atomic E-state index is -4.47. The maximum Gasteiger partial charge on any atom is 1.00 e. The average Bonchev–Trinajstić information content (AvgIpc) is 3.79. The zero-order chi connectivity index (χ0) is 35.7. The summed E-state index contributed by atoms with van der Waals surface area (Å²) in [6, 6.07) is 0. The van der Waals surface area contributed by atoms with E-state index in [1.807, 2.05) is 0 Å². The van der Waals surface area contributed by atoms with Crippen molar-refractivity contribution >= 4 is 77.9 Å². The molecule has 8 N–H and O–H groups in total. The molecule has 3 saturated heterocycles. The number of nitrogens with one attached hydrogen (secondary N) is 2. The number of rotatable bonds is 5. The molecule has 8 rings (SSSR count). The first-order valence-electron chi connectivity index (χ1n) is 15.9. The molecule has 0 spiro atoms. The van der Waals surface area contributed by atoms with Crippen molar-refractivity contribution in [3.8, 4) is 0 Å². The molecule has 0 radical (unpaired) electrons. The first-order valence-corrected chi connectivity index (χ1v) is 21.0. The third-order valence-corrected chi connectivity index (χ3v) is 12.0. The van der Waals surface area contributed by atoms with E-state index in [1.54, 1.807) is 10.8 Å². The van der Waals surface area contributed by atoms with Crippen molar-refractivity contribution in [1.82, 2.24) is 34.1 Å². The summed E-state index contributed by atoms with van der Waals surface area (Å²) in [5.41, 5.74) is 13.5. The minimum absolute atomic E-state index is 0. The molecule has 3 fully saturated rings. The van der Waals surface area contributed by atoms with Gasteiger partial charge in [0.15, 0.2) is 30.7 Å². The molecular weight excluding hydrogens is 798 g/mol. The van der Waals surface area contributed by atoms with Crippen LogP contribution in [-0.4, -0.2) is 114 Å². The Morgan fingerprint density at radius 3 is 2.42 bits per heavy atom. The molecule has 0 amide bonds. The summed E-state index contributed by atoms with van der Waals surface area (Å²) < 4.78 is 65.4. The number of nitrogens with two attached hydrogens (primary N) is 2. The van der Waals surface area contributed by atoms with Crippen LogP contribution in [0.15, 0.2) is 18.9 Å². The molecule has 2 unspecified atom stereocenters.